The molecule has 1 aromatic rings. The van der Waals surface area contributed by atoms with Crippen LogP contribution in [-0.2, 0) is 9.53 Å². The van der Waals surface area contributed by atoms with Gasteiger partial charge in [-0.15, -0.1) is 0 Å². The number of rotatable bonds is 4. The van der Waals surface area contributed by atoms with Crippen LogP contribution in [0.5, 0.6) is 5.75 Å². The Morgan fingerprint density at radius 2 is 1.81 bits per heavy atom. The van der Waals surface area contributed by atoms with Crippen LogP contribution in [0.25, 0.3) is 0 Å². The quantitative estimate of drug-likeness (QED) is 0.838. The molecule has 1 N–H and O–H groups in total. The molecule has 4 rings (SSSR count). The second-order valence-electron chi connectivity index (χ2n) is 8.18. The van der Waals surface area contributed by atoms with Gasteiger partial charge in [-0.25, -0.2) is 0 Å². The smallest absolute Gasteiger partial charge is 0.312 e. The predicted molar refractivity (Wildman–Crippen MR) is 101 cm³/mol. The summed E-state index contributed by atoms with van der Waals surface area (Å²) < 4.78 is 5.74. The van der Waals surface area contributed by atoms with Gasteiger partial charge >= 0.3 is 5.97 Å². The number of nitrogens with zero attached hydrogens (tertiary/aromatic N) is 2. The highest BCUT2D eigenvalue weighted by Crippen LogP contribution is 2.46. The second kappa shape index (κ2) is 7.47. The lowest BCUT2D eigenvalue weighted by Gasteiger charge is -2.36. The largest absolute Gasteiger partial charge is 0.506 e. The van der Waals surface area contributed by atoms with Gasteiger partial charge in [-0.2, -0.15) is 0 Å². The summed E-state index contributed by atoms with van der Waals surface area (Å²) in [4.78, 5) is 17.1. The highest BCUT2D eigenvalue weighted by Gasteiger charge is 2.48. The maximum absolute atomic E-state index is 12.4. The topological polar surface area (TPSA) is 53.0 Å². The molecule has 1 spiro atoms. The average molecular weight is 358 g/mol. The van der Waals surface area contributed by atoms with E-state index < -0.39 is 0 Å². The molecule has 5 nitrogen and oxygen atoms in total. The zero-order valence-electron chi connectivity index (χ0n) is 15.5. The number of esters is 1. The van der Waals surface area contributed by atoms with Crippen molar-refractivity contribution in [2.75, 3.05) is 37.6 Å². The monoisotopic (exact) mass is 358 g/mol. The number of aromatic hydroxyl groups is 1. The summed E-state index contributed by atoms with van der Waals surface area (Å²) in [5.74, 6) is 0.433. The van der Waals surface area contributed by atoms with Crippen molar-refractivity contribution >= 4 is 11.7 Å². The van der Waals surface area contributed by atoms with Crippen LogP contribution in [0, 0.1) is 5.41 Å². The minimum atomic E-state index is -0.146. The first-order chi connectivity index (χ1) is 12.7. The van der Waals surface area contributed by atoms with E-state index in [-0.39, 0.29) is 17.5 Å². The summed E-state index contributed by atoms with van der Waals surface area (Å²) in [5.41, 5.74) is 0.781. The molecule has 0 aromatic heterocycles. The Morgan fingerprint density at radius 1 is 1.08 bits per heavy atom. The fraction of sp³-hybridized carbons (Fsp3) is 0.667. The first kappa shape index (κ1) is 17.7. The lowest BCUT2D eigenvalue weighted by atomic mass is 9.72. The van der Waals surface area contributed by atoms with Crippen molar-refractivity contribution in [1.29, 1.82) is 0 Å². The van der Waals surface area contributed by atoms with E-state index in [0.29, 0.717) is 5.75 Å². The van der Waals surface area contributed by atoms with Gasteiger partial charge < -0.3 is 14.7 Å². The molecule has 142 valence electrons. The van der Waals surface area contributed by atoms with Crippen LogP contribution in [0.4, 0.5) is 5.69 Å². The van der Waals surface area contributed by atoms with Gasteiger partial charge in [-0.05, 0) is 31.4 Å². The van der Waals surface area contributed by atoms with Gasteiger partial charge in [0.05, 0.1) is 11.1 Å². The van der Waals surface area contributed by atoms with E-state index in [4.69, 9.17) is 4.74 Å². The van der Waals surface area contributed by atoms with E-state index in [9.17, 15) is 9.90 Å². The maximum atomic E-state index is 12.4. The molecule has 2 saturated heterocycles. The second-order valence-corrected chi connectivity index (χ2v) is 8.18. The molecule has 0 bridgehead atoms. The highest BCUT2D eigenvalue weighted by atomic mass is 16.6. The van der Waals surface area contributed by atoms with Gasteiger partial charge in [0.15, 0.2) is 0 Å². The van der Waals surface area contributed by atoms with E-state index in [1.54, 1.807) is 6.07 Å². The third-order valence-corrected chi connectivity index (χ3v) is 6.50. The third-order valence-electron chi connectivity index (χ3n) is 6.50. The number of cyclic esters (lactones) is 1. The molecular weight excluding hydrogens is 328 g/mol. The van der Waals surface area contributed by atoms with Crippen molar-refractivity contribution in [3.63, 3.8) is 0 Å². The van der Waals surface area contributed by atoms with Crippen molar-refractivity contribution in [3.8, 4) is 5.75 Å². The molecule has 1 atom stereocenters. The fourth-order valence-electron chi connectivity index (χ4n) is 4.91. The Kier molecular flexibility index (Phi) is 5.07. The molecule has 0 radical (unpaired) electrons. The number of piperazine rings is 1. The standard InChI is InChI=1S/C21H30N2O3/c24-19-7-3-2-6-18(19)23-14-12-22(13-15-23)11-8-17-16-21(20(25)26-17)9-4-1-5-10-21/h2-3,6-7,17,24H,1,4-5,8-16H2/t17-/m1/s1. The van der Waals surface area contributed by atoms with E-state index in [1.165, 1.54) is 19.3 Å². The van der Waals surface area contributed by atoms with Crippen molar-refractivity contribution in [2.45, 2.75) is 51.0 Å². The Morgan fingerprint density at radius 3 is 2.54 bits per heavy atom. The van der Waals surface area contributed by atoms with E-state index >= 15 is 0 Å². The molecule has 3 fully saturated rings. The molecule has 1 aromatic carbocycles. The summed E-state index contributed by atoms with van der Waals surface area (Å²) in [6.45, 7) is 4.81. The zero-order chi connectivity index (χ0) is 18.0. The van der Waals surface area contributed by atoms with Gasteiger partial charge in [0, 0.05) is 39.1 Å². The summed E-state index contributed by atoms with van der Waals surface area (Å²) in [7, 11) is 0. The van der Waals surface area contributed by atoms with Gasteiger partial charge in [-0.3, -0.25) is 9.69 Å². The minimum absolute atomic E-state index is 0.0755. The van der Waals surface area contributed by atoms with Crippen molar-refractivity contribution in [2.24, 2.45) is 5.41 Å². The average Bonchev–Trinajstić information content (AvgIpc) is 2.96. The molecule has 2 aliphatic heterocycles. The van der Waals surface area contributed by atoms with Crippen LogP contribution in [0.1, 0.15) is 44.9 Å². The number of carbonyl (C=O) groups excluding carboxylic acids is 1. The Labute approximate surface area is 155 Å². The molecule has 2 heterocycles. The molecule has 3 aliphatic rings. The van der Waals surface area contributed by atoms with Crippen molar-refractivity contribution in [1.82, 2.24) is 4.90 Å². The molecular formula is C21H30N2O3. The summed E-state index contributed by atoms with van der Waals surface area (Å²) in [6.07, 6.45) is 7.67. The van der Waals surface area contributed by atoms with Crippen LogP contribution in [-0.4, -0.2) is 54.8 Å². The highest BCUT2D eigenvalue weighted by molar-refractivity contribution is 5.79. The van der Waals surface area contributed by atoms with Gasteiger partial charge in [0.1, 0.15) is 11.9 Å². The van der Waals surface area contributed by atoms with Crippen LogP contribution in [0.3, 0.4) is 0 Å². The van der Waals surface area contributed by atoms with E-state index in [1.807, 2.05) is 18.2 Å². The van der Waals surface area contributed by atoms with Crippen LogP contribution >= 0.6 is 0 Å². The van der Waals surface area contributed by atoms with E-state index in [2.05, 4.69) is 9.80 Å². The normalized spacial score (nSPS) is 26.2. The molecule has 0 amide bonds. The lowest BCUT2D eigenvalue weighted by Crippen LogP contribution is -2.47. The van der Waals surface area contributed by atoms with Gasteiger partial charge in [0.25, 0.3) is 0 Å². The molecule has 1 aliphatic carbocycles. The van der Waals surface area contributed by atoms with E-state index in [0.717, 1.165) is 64.1 Å². The number of benzene rings is 1. The number of hydrogen-bond acceptors (Lipinski definition) is 5. The number of para-hydroxylation sites is 2. The van der Waals surface area contributed by atoms with Crippen LogP contribution in [0.15, 0.2) is 24.3 Å². The number of phenolic OH excluding ortho intramolecular Hbond substituents is 1. The summed E-state index contributed by atoms with van der Waals surface area (Å²) in [6, 6.07) is 7.55. The van der Waals surface area contributed by atoms with Crippen molar-refractivity contribution < 1.29 is 14.6 Å². The SMILES string of the molecule is O=C1O[C@H](CCN2CCN(c3ccccc3O)CC2)CC12CCCCC2. The fourth-order valence-corrected chi connectivity index (χ4v) is 4.91. The lowest BCUT2D eigenvalue weighted by molar-refractivity contribution is -0.150. The molecule has 5 heteroatoms. The number of hydrogen-bond donors (Lipinski definition) is 1. The van der Waals surface area contributed by atoms with Crippen LogP contribution in [0.2, 0.25) is 0 Å². The van der Waals surface area contributed by atoms with Gasteiger partial charge in [0.2, 0.25) is 0 Å². The Bertz CT molecular complexity index is 634. The number of carbonyl (C=O) groups is 1. The minimum Gasteiger partial charge on any atom is -0.506 e. The number of phenols is 1. The third kappa shape index (κ3) is 3.54. The number of ether oxygens (including phenoxy) is 1. The maximum Gasteiger partial charge on any atom is 0.312 e. The molecule has 1 saturated carbocycles. The summed E-state index contributed by atoms with van der Waals surface area (Å²) in [5, 5.41) is 10.0. The number of anilines is 1. The van der Waals surface area contributed by atoms with Gasteiger partial charge in [-0.1, -0.05) is 31.4 Å². The Balaban J connectivity index is 1.24. The summed E-state index contributed by atoms with van der Waals surface area (Å²) >= 11 is 0. The first-order valence-corrected chi connectivity index (χ1v) is 10.1. The molecule has 0 unspecified atom stereocenters. The Hall–Kier alpha value is -1.75. The molecule has 26 heavy (non-hydrogen) atoms. The first-order valence-electron chi connectivity index (χ1n) is 10.1. The zero-order valence-corrected chi connectivity index (χ0v) is 15.5. The van der Waals surface area contributed by atoms with Crippen molar-refractivity contribution in [3.05, 3.63) is 24.3 Å². The van der Waals surface area contributed by atoms with Crippen LogP contribution < -0.4 is 4.90 Å². The predicted octanol–water partition coefficient (Wildman–Crippen LogP) is 3.17.